The molecule has 28 heavy (non-hydrogen) atoms. The Morgan fingerprint density at radius 2 is 1.71 bits per heavy atom. The molecule has 2 rings (SSSR count). The second kappa shape index (κ2) is 10.1. The van der Waals surface area contributed by atoms with Gasteiger partial charge < -0.3 is 18.9 Å². The summed E-state index contributed by atoms with van der Waals surface area (Å²) in [5.74, 6) is 0.491. The van der Waals surface area contributed by atoms with Gasteiger partial charge in [0.2, 0.25) is 0 Å². The van der Waals surface area contributed by atoms with Crippen LogP contribution in [-0.2, 0) is 4.79 Å². The largest absolute Gasteiger partial charge is 0.493 e. The van der Waals surface area contributed by atoms with E-state index < -0.39 is 12.5 Å². The SMILES string of the molecule is COc1ccccc1OCC(=O)N/N=C(/C)c1ccc(OC(F)F)c(OC)c1. The van der Waals surface area contributed by atoms with E-state index in [0.717, 1.165) is 0 Å². The summed E-state index contributed by atoms with van der Waals surface area (Å²) in [5, 5.41) is 3.98. The Balaban J connectivity index is 1.98. The Morgan fingerprint density at radius 3 is 2.36 bits per heavy atom. The monoisotopic (exact) mass is 394 g/mol. The quantitative estimate of drug-likeness (QED) is 0.522. The molecule has 0 bridgehead atoms. The maximum absolute atomic E-state index is 12.4. The second-order valence-electron chi connectivity index (χ2n) is 5.42. The minimum atomic E-state index is -2.96. The summed E-state index contributed by atoms with van der Waals surface area (Å²) in [5.41, 5.74) is 3.36. The molecule has 9 heteroatoms. The molecule has 1 amide bonds. The molecule has 150 valence electrons. The number of carbonyl (C=O) groups is 1. The van der Waals surface area contributed by atoms with E-state index in [0.29, 0.717) is 22.8 Å². The van der Waals surface area contributed by atoms with Gasteiger partial charge >= 0.3 is 6.61 Å². The molecule has 0 aliphatic rings. The zero-order valence-electron chi connectivity index (χ0n) is 15.6. The average molecular weight is 394 g/mol. The van der Waals surface area contributed by atoms with Crippen molar-refractivity contribution >= 4 is 11.6 Å². The predicted octanol–water partition coefficient (Wildman–Crippen LogP) is 3.22. The number of hydrogen-bond acceptors (Lipinski definition) is 6. The maximum Gasteiger partial charge on any atom is 0.387 e. The summed E-state index contributed by atoms with van der Waals surface area (Å²) in [6, 6.07) is 11.3. The molecule has 0 fully saturated rings. The van der Waals surface area contributed by atoms with Crippen LogP contribution >= 0.6 is 0 Å². The molecule has 0 aromatic heterocycles. The molecule has 2 aromatic carbocycles. The summed E-state index contributed by atoms with van der Waals surface area (Å²) in [6.45, 7) is -1.58. The number of nitrogens with one attached hydrogen (secondary N) is 1. The van der Waals surface area contributed by atoms with Crippen molar-refractivity contribution in [3.63, 3.8) is 0 Å². The van der Waals surface area contributed by atoms with Gasteiger partial charge in [-0.05, 0) is 37.3 Å². The van der Waals surface area contributed by atoms with Crippen molar-refractivity contribution in [3.05, 3.63) is 48.0 Å². The number of ether oxygens (including phenoxy) is 4. The van der Waals surface area contributed by atoms with Gasteiger partial charge in [0.05, 0.1) is 19.9 Å². The van der Waals surface area contributed by atoms with Crippen LogP contribution in [0.1, 0.15) is 12.5 Å². The molecule has 0 aliphatic heterocycles. The standard InChI is InChI=1S/C19H20F2N2O5/c1-12(13-8-9-16(28-19(20)21)17(10-13)26-3)22-23-18(24)11-27-15-7-5-4-6-14(15)25-2/h4-10,19H,11H2,1-3H3,(H,23,24)/b22-12-. The molecule has 0 unspecified atom stereocenters. The van der Waals surface area contributed by atoms with Gasteiger partial charge in [0, 0.05) is 5.56 Å². The van der Waals surface area contributed by atoms with Crippen LogP contribution in [0.3, 0.4) is 0 Å². The molecule has 2 aromatic rings. The number of alkyl halides is 2. The van der Waals surface area contributed by atoms with Gasteiger partial charge in [-0.15, -0.1) is 0 Å². The van der Waals surface area contributed by atoms with Crippen LogP contribution in [0.5, 0.6) is 23.0 Å². The van der Waals surface area contributed by atoms with Crippen LogP contribution < -0.4 is 24.4 Å². The highest BCUT2D eigenvalue weighted by atomic mass is 19.3. The van der Waals surface area contributed by atoms with Crippen molar-refractivity contribution in [1.29, 1.82) is 0 Å². The smallest absolute Gasteiger partial charge is 0.387 e. The molecule has 0 radical (unpaired) electrons. The van der Waals surface area contributed by atoms with Crippen LogP contribution in [-0.4, -0.2) is 39.1 Å². The number of hydrogen-bond donors (Lipinski definition) is 1. The van der Waals surface area contributed by atoms with E-state index in [1.54, 1.807) is 31.2 Å². The fraction of sp³-hybridized carbons (Fsp3) is 0.263. The first-order chi connectivity index (χ1) is 13.4. The second-order valence-corrected chi connectivity index (χ2v) is 5.42. The molecule has 0 saturated heterocycles. The van der Waals surface area contributed by atoms with Crippen LogP contribution in [0, 0.1) is 0 Å². The molecular weight excluding hydrogens is 374 g/mol. The predicted molar refractivity (Wildman–Crippen MR) is 98.5 cm³/mol. The molecule has 0 spiro atoms. The fourth-order valence-electron chi connectivity index (χ4n) is 2.21. The maximum atomic E-state index is 12.4. The molecule has 0 heterocycles. The van der Waals surface area contributed by atoms with Crippen LogP contribution in [0.25, 0.3) is 0 Å². The van der Waals surface area contributed by atoms with Crippen molar-refractivity contribution in [1.82, 2.24) is 5.43 Å². The van der Waals surface area contributed by atoms with Gasteiger partial charge in [-0.1, -0.05) is 12.1 Å². The van der Waals surface area contributed by atoms with E-state index in [9.17, 15) is 13.6 Å². The number of halogens is 2. The Labute approximate surface area is 160 Å². The number of amides is 1. The normalized spacial score (nSPS) is 11.1. The number of hydrazone groups is 1. The topological polar surface area (TPSA) is 78.4 Å². The van der Waals surface area contributed by atoms with E-state index in [2.05, 4.69) is 15.3 Å². The summed E-state index contributed by atoms with van der Waals surface area (Å²) < 4.78 is 44.7. The summed E-state index contributed by atoms with van der Waals surface area (Å²) in [7, 11) is 2.84. The Morgan fingerprint density at radius 1 is 1.04 bits per heavy atom. The number of nitrogens with zero attached hydrogens (tertiary/aromatic N) is 1. The highest BCUT2D eigenvalue weighted by molar-refractivity contribution is 5.99. The number of para-hydroxylation sites is 2. The Hall–Kier alpha value is -3.36. The zero-order chi connectivity index (χ0) is 20.5. The highest BCUT2D eigenvalue weighted by Crippen LogP contribution is 2.29. The van der Waals surface area contributed by atoms with E-state index >= 15 is 0 Å². The van der Waals surface area contributed by atoms with E-state index in [1.165, 1.54) is 32.4 Å². The lowest BCUT2D eigenvalue weighted by Gasteiger charge is -2.11. The lowest BCUT2D eigenvalue weighted by atomic mass is 10.1. The Kier molecular flexibility index (Phi) is 7.55. The third-order valence-corrected chi connectivity index (χ3v) is 3.57. The molecule has 1 N–H and O–H groups in total. The Bertz CT molecular complexity index is 843. The van der Waals surface area contributed by atoms with Crippen LogP contribution in [0.2, 0.25) is 0 Å². The van der Waals surface area contributed by atoms with Crippen molar-refractivity contribution in [2.24, 2.45) is 5.10 Å². The average Bonchev–Trinajstić information content (AvgIpc) is 2.70. The third kappa shape index (κ3) is 5.83. The van der Waals surface area contributed by atoms with Crippen molar-refractivity contribution < 1.29 is 32.5 Å². The van der Waals surface area contributed by atoms with Crippen LogP contribution in [0.4, 0.5) is 8.78 Å². The van der Waals surface area contributed by atoms with Crippen molar-refractivity contribution in [3.8, 4) is 23.0 Å². The van der Waals surface area contributed by atoms with Gasteiger partial charge in [-0.2, -0.15) is 13.9 Å². The van der Waals surface area contributed by atoms with E-state index in [1.807, 2.05) is 0 Å². The number of rotatable bonds is 9. The summed E-state index contributed by atoms with van der Waals surface area (Å²) in [6.07, 6.45) is 0. The third-order valence-electron chi connectivity index (χ3n) is 3.57. The first kappa shape index (κ1) is 20.9. The highest BCUT2D eigenvalue weighted by Gasteiger charge is 2.12. The lowest BCUT2D eigenvalue weighted by Crippen LogP contribution is -2.25. The summed E-state index contributed by atoms with van der Waals surface area (Å²) in [4.78, 5) is 11.9. The van der Waals surface area contributed by atoms with Crippen molar-refractivity contribution in [2.75, 3.05) is 20.8 Å². The first-order valence-electron chi connectivity index (χ1n) is 8.16. The molecule has 0 aliphatic carbocycles. The first-order valence-corrected chi connectivity index (χ1v) is 8.16. The van der Waals surface area contributed by atoms with Gasteiger partial charge in [-0.25, -0.2) is 5.43 Å². The van der Waals surface area contributed by atoms with Gasteiger partial charge in [-0.3, -0.25) is 4.79 Å². The van der Waals surface area contributed by atoms with Gasteiger partial charge in [0.15, 0.2) is 29.6 Å². The van der Waals surface area contributed by atoms with Gasteiger partial charge in [0.25, 0.3) is 5.91 Å². The lowest BCUT2D eigenvalue weighted by molar-refractivity contribution is -0.123. The van der Waals surface area contributed by atoms with E-state index in [-0.39, 0.29) is 18.1 Å². The number of benzene rings is 2. The zero-order valence-corrected chi connectivity index (χ0v) is 15.6. The summed E-state index contributed by atoms with van der Waals surface area (Å²) >= 11 is 0. The number of methoxy groups -OCH3 is 2. The van der Waals surface area contributed by atoms with Gasteiger partial charge in [0.1, 0.15) is 0 Å². The molecule has 7 nitrogen and oxygen atoms in total. The minimum Gasteiger partial charge on any atom is -0.493 e. The molecular formula is C19H20F2N2O5. The minimum absolute atomic E-state index is 0.0942. The number of carbonyl (C=O) groups excluding carboxylic acids is 1. The van der Waals surface area contributed by atoms with E-state index in [4.69, 9.17) is 14.2 Å². The van der Waals surface area contributed by atoms with Crippen molar-refractivity contribution in [2.45, 2.75) is 13.5 Å². The van der Waals surface area contributed by atoms with Crippen LogP contribution in [0.15, 0.2) is 47.6 Å². The molecule has 0 atom stereocenters. The molecule has 0 saturated carbocycles. The fourth-order valence-corrected chi connectivity index (χ4v) is 2.21.